The van der Waals surface area contributed by atoms with E-state index in [-0.39, 0.29) is 17.7 Å². The number of carbonyl (C=O) groups is 3. The lowest BCUT2D eigenvalue weighted by molar-refractivity contribution is -0.142. The van der Waals surface area contributed by atoms with Crippen LogP contribution in [-0.2, 0) is 14.3 Å². The van der Waals surface area contributed by atoms with E-state index < -0.39 is 23.8 Å². The molecule has 226 valence electrons. The number of hydrogen-bond donors (Lipinski definition) is 2. The van der Waals surface area contributed by atoms with Crippen LogP contribution in [0.3, 0.4) is 0 Å². The van der Waals surface area contributed by atoms with Crippen molar-refractivity contribution >= 4 is 23.6 Å². The molecule has 3 unspecified atom stereocenters. The average molecular weight is 566 g/mol. The molecule has 0 bridgehead atoms. The molecule has 0 aromatic heterocycles. The van der Waals surface area contributed by atoms with E-state index in [4.69, 9.17) is 4.74 Å². The van der Waals surface area contributed by atoms with Gasteiger partial charge in [0.05, 0.1) is 0 Å². The van der Waals surface area contributed by atoms with Crippen molar-refractivity contribution in [3.05, 3.63) is 64.2 Å². The number of ether oxygens (including phenoxy) is 1. The van der Waals surface area contributed by atoms with E-state index >= 15 is 0 Å². The van der Waals surface area contributed by atoms with Gasteiger partial charge >= 0.3 is 6.09 Å². The number of nitrogens with one attached hydrogen (secondary N) is 2. The molecule has 2 aromatic rings. The molecule has 7 heteroatoms. The molecule has 2 rings (SSSR count). The number of benzene rings is 2. The Kier molecular flexibility index (Phi) is 12.4. The Hall–Kier alpha value is -3.35. The summed E-state index contributed by atoms with van der Waals surface area (Å²) in [6, 6.07) is 10.1. The van der Waals surface area contributed by atoms with Crippen LogP contribution < -0.4 is 10.6 Å². The third-order valence-electron chi connectivity index (χ3n) is 7.45. The van der Waals surface area contributed by atoms with Crippen molar-refractivity contribution in [2.24, 2.45) is 5.92 Å². The fourth-order valence-corrected chi connectivity index (χ4v) is 4.98. The summed E-state index contributed by atoms with van der Waals surface area (Å²) in [5.74, 6) is -0.743. The average Bonchev–Trinajstić information content (AvgIpc) is 2.88. The molecule has 7 nitrogen and oxygen atoms in total. The summed E-state index contributed by atoms with van der Waals surface area (Å²) in [6.07, 6.45) is 2.64. The summed E-state index contributed by atoms with van der Waals surface area (Å²) < 4.78 is 5.52. The highest BCUT2D eigenvalue weighted by Crippen LogP contribution is 2.30. The van der Waals surface area contributed by atoms with Crippen molar-refractivity contribution < 1.29 is 19.1 Å². The highest BCUT2D eigenvalue weighted by atomic mass is 16.6. The molecular weight excluding hydrogens is 514 g/mol. The lowest BCUT2D eigenvalue weighted by Gasteiger charge is -2.37. The molecule has 0 saturated heterocycles. The standard InChI is InChI=1S/C34H51N3O4/c1-11-13-14-20-37(32(39)29(23(4)12-2)36-33(40)41-34(8,9)10)30(27-19-18-22(3)21-26(27)7)31(38)35-28-24(5)16-15-17-25(28)6/h15-19,21,23,29-30H,11-14,20H2,1-10H3,(H,35,38)(H,36,40). The molecule has 0 aliphatic heterocycles. The zero-order valence-corrected chi connectivity index (χ0v) is 26.8. The predicted molar refractivity (Wildman–Crippen MR) is 167 cm³/mol. The van der Waals surface area contributed by atoms with Gasteiger partial charge in [-0.25, -0.2) is 4.79 Å². The molecule has 0 fully saturated rings. The first-order valence-corrected chi connectivity index (χ1v) is 14.9. The Labute approximate surface area is 247 Å². The maximum absolute atomic E-state index is 14.5. The lowest BCUT2D eigenvalue weighted by atomic mass is 9.93. The van der Waals surface area contributed by atoms with E-state index in [0.29, 0.717) is 13.0 Å². The van der Waals surface area contributed by atoms with Crippen molar-refractivity contribution in [2.45, 2.75) is 113 Å². The van der Waals surface area contributed by atoms with E-state index in [1.54, 1.807) is 25.7 Å². The number of para-hydroxylation sites is 1. The van der Waals surface area contributed by atoms with E-state index in [9.17, 15) is 14.4 Å². The molecule has 2 aromatic carbocycles. The topological polar surface area (TPSA) is 87.7 Å². The van der Waals surface area contributed by atoms with Crippen LogP contribution in [0.4, 0.5) is 10.5 Å². The number of amides is 3. The first kappa shape index (κ1) is 33.9. The lowest BCUT2D eigenvalue weighted by Crippen LogP contribution is -2.55. The second-order valence-corrected chi connectivity index (χ2v) is 12.3. The minimum absolute atomic E-state index is 0.176. The summed E-state index contributed by atoms with van der Waals surface area (Å²) in [5, 5.41) is 6.00. The zero-order chi connectivity index (χ0) is 30.9. The van der Waals surface area contributed by atoms with Crippen molar-refractivity contribution in [1.29, 1.82) is 0 Å². The van der Waals surface area contributed by atoms with Gasteiger partial charge in [0.1, 0.15) is 17.7 Å². The van der Waals surface area contributed by atoms with Crippen molar-refractivity contribution in [3.63, 3.8) is 0 Å². The quantitative estimate of drug-likeness (QED) is 0.260. The summed E-state index contributed by atoms with van der Waals surface area (Å²) in [5.41, 5.74) is 4.72. The molecule has 0 spiro atoms. The largest absolute Gasteiger partial charge is 0.444 e. The monoisotopic (exact) mass is 565 g/mol. The van der Waals surface area contributed by atoms with Gasteiger partial charge in [-0.15, -0.1) is 0 Å². The number of anilines is 1. The maximum Gasteiger partial charge on any atom is 0.408 e. The minimum atomic E-state index is -0.883. The zero-order valence-electron chi connectivity index (χ0n) is 26.8. The van der Waals surface area contributed by atoms with Crippen LogP contribution >= 0.6 is 0 Å². The summed E-state index contributed by atoms with van der Waals surface area (Å²) in [6.45, 7) is 19.7. The van der Waals surface area contributed by atoms with Gasteiger partial charge < -0.3 is 20.3 Å². The Bertz CT molecular complexity index is 1180. The van der Waals surface area contributed by atoms with Crippen LogP contribution in [-0.4, -0.2) is 41.0 Å². The van der Waals surface area contributed by atoms with Crippen molar-refractivity contribution in [1.82, 2.24) is 10.2 Å². The Morgan fingerprint density at radius 3 is 2.10 bits per heavy atom. The molecule has 0 radical (unpaired) electrons. The highest BCUT2D eigenvalue weighted by Gasteiger charge is 2.38. The number of carbonyl (C=O) groups excluding carboxylic acids is 3. The summed E-state index contributed by atoms with van der Waals surface area (Å²) >= 11 is 0. The predicted octanol–water partition coefficient (Wildman–Crippen LogP) is 7.56. The van der Waals surface area contributed by atoms with E-state index in [0.717, 1.165) is 52.8 Å². The van der Waals surface area contributed by atoms with Crippen LogP contribution in [0.25, 0.3) is 0 Å². The molecular formula is C34H51N3O4. The van der Waals surface area contributed by atoms with Gasteiger partial charge in [-0.2, -0.15) is 0 Å². The van der Waals surface area contributed by atoms with E-state index in [1.165, 1.54) is 0 Å². The third-order valence-corrected chi connectivity index (χ3v) is 7.45. The van der Waals surface area contributed by atoms with Crippen LogP contribution in [0.15, 0.2) is 36.4 Å². The highest BCUT2D eigenvalue weighted by molar-refractivity contribution is 6.00. The first-order chi connectivity index (χ1) is 19.2. The third kappa shape index (κ3) is 9.61. The Morgan fingerprint density at radius 2 is 1.56 bits per heavy atom. The SMILES string of the molecule is CCCCCN(C(=O)C(NC(=O)OC(C)(C)C)C(C)CC)C(C(=O)Nc1c(C)cccc1C)c1ccc(C)cc1C. The Morgan fingerprint density at radius 1 is 0.927 bits per heavy atom. The second-order valence-electron chi connectivity index (χ2n) is 12.3. The fourth-order valence-electron chi connectivity index (χ4n) is 4.98. The summed E-state index contributed by atoms with van der Waals surface area (Å²) in [7, 11) is 0. The van der Waals surface area contributed by atoms with Gasteiger partial charge in [-0.05, 0) is 83.1 Å². The molecule has 41 heavy (non-hydrogen) atoms. The number of nitrogens with zero attached hydrogens (tertiary/aromatic N) is 1. The normalized spacial score (nSPS) is 13.6. The number of aryl methyl sites for hydroxylation is 4. The minimum Gasteiger partial charge on any atom is -0.444 e. The molecule has 0 heterocycles. The second kappa shape index (κ2) is 15.0. The molecule has 3 atom stereocenters. The van der Waals surface area contributed by atoms with E-state index in [1.807, 2.05) is 77.9 Å². The number of unbranched alkanes of at least 4 members (excludes halogenated alkanes) is 2. The molecule has 0 aliphatic rings. The van der Waals surface area contributed by atoms with Crippen molar-refractivity contribution in [3.8, 4) is 0 Å². The van der Waals surface area contributed by atoms with Crippen LogP contribution in [0.1, 0.15) is 101 Å². The maximum atomic E-state index is 14.5. The summed E-state index contributed by atoms with van der Waals surface area (Å²) in [4.78, 5) is 43.3. The van der Waals surface area contributed by atoms with Crippen LogP contribution in [0.5, 0.6) is 0 Å². The van der Waals surface area contributed by atoms with Gasteiger partial charge in [0.15, 0.2) is 0 Å². The number of hydrogen-bond acceptors (Lipinski definition) is 4. The molecule has 0 aliphatic carbocycles. The van der Waals surface area contributed by atoms with Crippen LogP contribution in [0, 0.1) is 33.6 Å². The Balaban J connectivity index is 2.65. The molecule has 3 amide bonds. The van der Waals surface area contributed by atoms with Gasteiger partial charge in [0, 0.05) is 12.2 Å². The van der Waals surface area contributed by atoms with Gasteiger partial charge in [0.2, 0.25) is 5.91 Å². The fraction of sp³-hybridized carbons (Fsp3) is 0.559. The smallest absolute Gasteiger partial charge is 0.408 e. The van der Waals surface area contributed by atoms with Gasteiger partial charge in [-0.3, -0.25) is 9.59 Å². The van der Waals surface area contributed by atoms with Gasteiger partial charge in [-0.1, -0.05) is 82.0 Å². The van der Waals surface area contributed by atoms with Gasteiger partial charge in [0.25, 0.3) is 5.91 Å². The number of rotatable bonds is 12. The van der Waals surface area contributed by atoms with Crippen LogP contribution in [0.2, 0.25) is 0 Å². The van der Waals surface area contributed by atoms with Crippen molar-refractivity contribution in [2.75, 3.05) is 11.9 Å². The molecule has 0 saturated carbocycles. The number of alkyl carbamates (subject to hydrolysis) is 1. The molecule has 2 N–H and O–H groups in total. The van der Waals surface area contributed by atoms with E-state index in [2.05, 4.69) is 17.6 Å². The first-order valence-electron chi connectivity index (χ1n) is 14.9.